The molecule has 2 aliphatic heterocycles. The number of benzene rings is 3. The molecule has 0 N–H and O–H groups in total. The Balaban J connectivity index is 1.38. The van der Waals surface area contributed by atoms with Crippen LogP contribution in [0.1, 0.15) is 36.4 Å². The molecule has 0 spiro atoms. The van der Waals surface area contributed by atoms with Crippen molar-refractivity contribution in [3.8, 4) is 0 Å². The van der Waals surface area contributed by atoms with E-state index in [0.29, 0.717) is 43.3 Å². The first-order valence-corrected chi connectivity index (χ1v) is 12.7. The van der Waals surface area contributed by atoms with Gasteiger partial charge in [-0.05, 0) is 41.8 Å². The molecule has 37 heavy (non-hydrogen) atoms. The van der Waals surface area contributed by atoms with Gasteiger partial charge in [0.2, 0.25) is 11.8 Å². The number of piperidine rings is 1. The second-order valence-corrected chi connectivity index (χ2v) is 9.73. The van der Waals surface area contributed by atoms with Crippen LogP contribution in [-0.2, 0) is 9.59 Å². The van der Waals surface area contributed by atoms with Crippen LogP contribution in [0.15, 0.2) is 72.8 Å². The van der Waals surface area contributed by atoms with Gasteiger partial charge in [0, 0.05) is 50.1 Å². The number of halogens is 1. The molecule has 0 bridgehead atoms. The standard InChI is InChI=1S/C28H27ClN4O4/c29-22-11-9-21(10-12-22)28(20-5-2-1-3-6-20)31-17-15-30(16-18-31)24-14-13-23(19-25(24)33(36)37)32-26(34)7-4-8-27(32)35/h1-3,5-6,9-14,19,28H,4,7-8,15-18H2/t28-/m0/s1. The summed E-state index contributed by atoms with van der Waals surface area (Å²) in [6.07, 6.45) is 1.04. The lowest BCUT2D eigenvalue weighted by atomic mass is 9.96. The minimum atomic E-state index is -0.440. The molecule has 2 aliphatic rings. The van der Waals surface area contributed by atoms with E-state index in [1.165, 1.54) is 11.6 Å². The normalized spacial score (nSPS) is 17.6. The summed E-state index contributed by atoms with van der Waals surface area (Å²) in [5, 5.41) is 12.7. The summed E-state index contributed by atoms with van der Waals surface area (Å²) >= 11 is 6.14. The summed E-state index contributed by atoms with van der Waals surface area (Å²) in [5.74, 6) is -0.637. The zero-order chi connectivity index (χ0) is 25.9. The van der Waals surface area contributed by atoms with Gasteiger partial charge in [0.05, 0.1) is 16.7 Å². The Morgan fingerprint density at radius 3 is 2.05 bits per heavy atom. The number of carbonyl (C=O) groups excluding carboxylic acids is 2. The molecule has 2 heterocycles. The molecule has 1 atom stereocenters. The lowest BCUT2D eigenvalue weighted by molar-refractivity contribution is -0.384. The molecular weight excluding hydrogens is 492 g/mol. The van der Waals surface area contributed by atoms with Crippen LogP contribution < -0.4 is 9.80 Å². The Morgan fingerprint density at radius 2 is 1.43 bits per heavy atom. The Hall–Kier alpha value is -3.75. The Morgan fingerprint density at radius 1 is 0.811 bits per heavy atom. The largest absolute Gasteiger partial charge is 0.363 e. The molecular formula is C28H27ClN4O4. The number of imide groups is 1. The summed E-state index contributed by atoms with van der Waals surface area (Å²) in [6.45, 7) is 2.59. The molecule has 0 saturated carbocycles. The average Bonchev–Trinajstić information content (AvgIpc) is 2.91. The quantitative estimate of drug-likeness (QED) is 0.253. The number of amides is 2. The number of hydrogen-bond donors (Lipinski definition) is 0. The molecule has 190 valence electrons. The fourth-order valence-electron chi connectivity index (χ4n) is 5.22. The number of nitro benzene ring substituents is 1. The topological polar surface area (TPSA) is 87.0 Å². The molecule has 2 amide bonds. The van der Waals surface area contributed by atoms with Gasteiger partial charge in [-0.25, -0.2) is 0 Å². The Kier molecular flexibility index (Phi) is 7.21. The molecule has 2 fully saturated rings. The van der Waals surface area contributed by atoms with Gasteiger partial charge in [-0.2, -0.15) is 0 Å². The maximum Gasteiger partial charge on any atom is 0.294 e. The first-order valence-electron chi connectivity index (χ1n) is 12.4. The second-order valence-electron chi connectivity index (χ2n) is 9.29. The van der Waals surface area contributed by atoms with Crippen LogP contribution in [0.4, 0.5) is 17.1 Å². The van der Waals surface area contributed by atoms with Crippen molar-refractivity contribution in [1.82, 2.24) is 4.90 Å². The predicted molar refractivity (Wildman–Crippen MR) is 143 cm³/mol. The zero-order valence-corrected chi connectivity index (χ0v) is 21.0. The first kappa shape index (κ1) is 24.9. The molecule has 0 aromatic heterocycles. The van der Waals surface area contributed by atoms with Crippen LogP contribution in [-0.4, -0.2) is 47.8 Å². The van der Waals surface area contributed by atoms with Crippen molar-refractivity contribution >= 4 is 40.5 Å². The third kappa shape index (κ3) is 5.21. The number of hydrogen-bond acceptors (Lipinski definition) is 6. The van der Waals surface area contributed by atoms with Gasteiger partial charge >= 0.3 is 0 Å². The number of nitro groups is 1. The third-order valence-electron chi connectivity index (χ3n) is 7.02. The van der Waals surface area contributed by atoms with Crippen LogP contribution in [0.3, 0.4) is 0 Å². The van der Waals surface area contributed by atoms with Crippen molar-refractivity contribution in [2.45, 2.75) is 25.3 Å². The molecule has 0 radical (unpaired) electrons. The van der Waals surface area contributed by atoms with Gasteiger partial charge in [0.15, 0.2) is 0 Å². The SMILES string of the molecule is O=C1CCCC(=O)N1c1ccc(N2CCN([C@@H](c3ccccc3)c3ccc(Cl)cc3)CC2)c([N+](=O)[O-])c1. The summed E-state index contributed by atoms with van der Waals surface area (Å²) in [5.41, 5.74) is 2.96. The lowest BCUT2D eigenvalue weighted by Gasteiger charge is -2.40. The number of piperazine rings is 1. The summed E-state index contributed by atoms with van der Waals surface area (Å²) in [7, 11) is 0. The number of carbonyl (C=O) groups is 2. The minimum Gasteiger partial charge on any atom is -0.363 e. The number of nitrogens with zero attached hydrogens (tertiary/aromatic N) is 4. The van der Waals surface area contributed by atoms with Gasteiger partial charge in [-0.3, -0.25) is 29.5 Å². The Labute approximate surface area is 220 Å². The highest BCUT2D eigenvalue weighted by atomic mass is 35.5. The number of anilines is 2. The van der Waals surface area contributed by atoms with Crippen molar-refractivity contribution < 1.29 is 14.5 Å². The van der Waals surface area contributed by atoms with E-state index in [1.807, 2.05) is 47.4 Å². The molecule has 0 unspecified atom stereocenters. The van der Waals surface area contributed by atoms with Crippen molar-refractivity contribution in [2.24, 2.45) is 0 Å². The van der Waals surface area contributed by atoms with E-state index in [2.05, 4.69) is 17.0 Å². The molecule has 3 aromatic rings. The monoisotopic (exact) mass is 518 g/mol. The smallest absolute Gasteiger partial charge is 0.294 e. The maximum absolute atomic E-state index is 12.3. The zero-order valence-electron chi connectivity index (χ0n) is 20.3. The van der Waals surface area contributed by atoms with Crippen molar-refractivity contribution in [2.75, 3.05) is 36.0 Å². The fourth-order valence-corrected chi connectivity index (χ4v) is 5.35. The predicted octanol–water partition coefficient (Wildman–Crippen LogP) is 5.20. The van der Waals surface area contributed by atoms with E-state index in [-0.39, 0.29) is 42.1 Å². The van der Waals surface area contributed by atoms with Crippen molar-refractivity contribution in [3.05, 3.63) is 99.1 Å². The lowest BCUT2D eigenvalue weighted by Crippen LogP contribution is -2.48. The summed E-state index contributed by atoms with van der Waals surface area (Å²) in [4.78, 5) is 41.7. The highest BCUT2D eigenvalue weighted by Crippen LogP contribution is 2.36. The van der Waals surface area contributed by atoms with Gasteiger partial charge < -0.3 is 4.90 Å². The summed E-state index contributed by atoms with van der Waals surface area (Å²) in [6, 6.07) is 22.8. The Bertz CT molecular complexity index is 1290. The van der Waals surface area contributed by atoms with Crippen LogP contribution in [0.2, 0.25) is 5.02 Å². The van der Waals surface area contributed by atoms with Gasteiger partial charge in [-0.15, -0.1) is 0 Å². The number of rotatable bonds is 6. The molecule has 2 saturated heterocycles. The van der Waals surface area contributed by atoms with Gasteiger partial charge in [-0.1, -0.05) is 54.1 Å². The third-order valence-corrected chi connectivity index (χ3v) is 7.27. The molecule has 3 aromatic carbocycles. The molecule has 8 nitrogen and oxygen atoms in total. The summed E-state index contributed by atoms with van der Waals surface area (Å²) < 4.78 is 0. The van der Waals surface area contributed by atoms with E-state index < -0.39 is 4.92 Å². The van der Waals surface area contributed by atoms with Crippen LogP contribution >= 0.6 is 11.6 Å². The van der Waals surface area contributed by atoms with Crippen molar-refractivity contribution in [3.63, 3.8) is 0 Å². The van der Waals surface area contributed by atoms with Gasteiger partial charge in [0.25, 0.3) is 5.69 Å². The molecule has 0 aliphatic carbocycles. The van der Waals surface area contributed by atoms with E-state index in [4.69, 9.17) is 11.6 Å². The minimum absolute atomic E-state index is 0.0362. The molecule has 9 heteroatoms. The second kappa shape index (κ2) is 10.7. The van der Waals surface area contributed by atoms with Crippen LogP contribution in [0.25, 0.3) is 0 Å². The maximum atomic E-state index is 12.3. The van der Waals surface area contributed by atoms with Gasteiger partial charge in [0.1, 0.15) is 5.69 Å². The average molecular weight is 519 g/mol. The van der Waals surface area contributed by atoms with E-state index in [0.717, 1.165) is 10.5 Å². The highest BCUT2D eigenvalue weighted by molar-refractivity contribution is 6.30. The fraction of sp³-hybridized carbons (Fsp3) is 0.286. The molecule has 5 rings (SSSR count). The highest BCUT2D eigenvalue weighted by Gasteiger charge is 2.32. The first-order chi connectivity index (χ1) is 17.9. The van der Waals surface area contributed by atoms with E-state index >= 15 is 0 Å². The van der Waals surface area contributed by atoms with E-state index in [9.17, 15) is 19.7 Å². The van der Waals surface area contributed by atoms with E-state index in [1.54, 1.807) is 12.1 Å². The van der Waals surface area contributed by atoms with Crippen molar-refractivity contribution in [1.29, 1.82) is 0 Å². The van der Waals surface area contributed by atoms with Crippen LogP contribution in [0, 0.1) is 10.1 Å². The van der Waals surface area contributed by atoms with Crippen LogP contribution in [0.5, 0.6) is 0 Å².